The summed E-state index contributed by atoms with van der Waals surface area (Å²) in [5.74, 6) is -0.637. The standard InChI is InChI=1S/C18H18FNO2/c19-15-8-4-5-13(11-15)12-20(16-9-10-16)18(22)17(21)14-6-2-1-3-7-14/h1-8,11,16-17,21H,9-10,12H2. The maximum absolute atomic E-state index is 13.3. The third kappa shape index (κ3) is 3.34. The van der Waals surface area contributed by atoms with Crippen LogP contribution in [-0.2, 0) is 11.3 Å². The lowest BCUT2D eigenvalue weighted by atomic mass is 10.1. The van der Waals surface area contributed by atoms with Gasteiger partial charge in [-0.25, -0.2) is 4.39 Å². The lowest BCUT2D eigenvalue weighted by Gasteiger charge is -2.25. The van der Waals surface area contributed by atoms with E-state index in [0.717, 1.165) is 18.4 Å². The van der Waals surface area contributed by atoms with Gasteiger partial charge in [0.25, 0.3) is 5.91 Å². The highest BCUT2D eigenvalue weighted by Gasteiger charge is 2.35. The first-order valence-corrected chi connectivity index (χ1v) is 7.43. The highest BCUT2D eigenvalue weighted by atomic mass is 19.1. The van der Waals surface area contributed by atoms with Gasteiger partial charge in [-0.15, -0.1) is 0 Å². The summed E-state index contributed by atoms with van der Waals surface area (Å²) in [6, 6.07) is 15.3. The van der Waals surface area contributed by atoms with Crippen molar-refractivity contribution in [2.75, 3.05) is 0 Å². The van der Waals surface area contributed by atoms with Gasteiger partial charge in [0.2, 0.25) is 0 Å². The van der Waals surface area contributed by atoms with Crippen LogP contribution in [0.2, 0.25) is 0 Å². The van der Waals surface area contributed by atoms with Crippen molar-refractivity contribution in [3.63, 3.8) is 0 Å². The summed E-state index contributed by atoms with van der Waals surface area (Å²) >= 11 is 0. The van der Waals surface area contributed by atoms with Crippen molar-refractivity contribution in [3.8, 4) is 0 Å². The lowest BCUT2D eigenvalue weighted by Crippen LogP contribution is -2.36. The molecule has 0 spiro atoms. The summed E-state index contributed by atoms with van der Waals surface area (Å²) in [7, 11) is 0. The van der Waals surface area contributed by atoms with E-state index in [1.165, 1.54) is 12.1 Å². The fourth-order valence-electron chi connectivity index (χ4n) is 2.54. The summed E-state index contributed by atoms with van der Waals surface area (Å²) < 4.78 is 13.3. The second-order valence-corrected chi connectivity index (χ2v) is 5.64. The SMILES string of the molecule is O=C(C(O)c1ccccc1)N(Cc1cccc(F)c1)C1CC1. The van der Waals surface area contributed by atoms with Gasteiger partial charge in [0, 0.05) is 12.6 Å². The molecular weight excluding hydrogens is 281 g/mol. The van der Waals surface area contributed by atoms with Crippen LogP contribution in [0.3, 0.4) is 0 Å². The van der Waals surface area contributed by atoms with Gasteiger partial charge in [-0.1, -0.05) is 42.5 Å². The molecule has 1 saturated carbocycles. The number of hydrogen-bond donors (Lipinski definition) is 1. The van der Waals surface area contributed by atoms with Gasteiger partial charge in [-0.2, -0.15) is 0 Å². The molecule has 3 nitrogen and oxygen atoms in total. The monoisotopic (exact) mass is 299 g/mol. The average Bonchev–Trinajstić information content (AvgIpc) is 3.37. The maximum Gasteiger partial charge on any atom is 0.256 e. The number of benzene rings is 2. The minimum absolute atomic E-state index is 0.147. The number of amides is 1. The Morgan fingerprint density at radius 1 is 1.18 bits per heavy atom. The molecule has 3 rings (SSSR count). The van der Waals surface area contributed by atoms with Crippen LogP contribution in [0.1, 0.15) is 30.1 Å². The third-order valence-electron chi connectivity index (χ3n) is 3.86. The Morgan fingerprint density at radius 3 is 2.55 bits per heavy atom. The second-order valence-electron chi connectivity index (χ2n) is 5.64. The molecule has 4 heteroatoms. The Kier molecular flexibility index (Phi) is 4.20. The average molecular weight is 299 g/mol. The van der Waals surface area contributed by atoms with Crippen molar-refractivity contribution in [1.29, 1.82) is 0 Å². The molecule has 1 unspecified atom stereocenters. The number of nitrogens with zero attached hydrogens (tertiary/aromatic N) is 1. The summed E-state index contributed by atoms with van der Waals surface area (Å²) in [4.78, 5) is 14.3. The molecule has 1 aliphatic rings. The Balaban J connectivity index is 1.77. The van der Waals surface area contributed by atoms with Crippen LogP contribution in [0.5, 0.6) is 0 Å². The molecule has 0 heterocycles. The molecular formula is C18H18FNO2. The van der Waals surface area contributed by atoms with Gasteiger partial charge in [0.1, 0.15) is 5.82 Å². The van der Waals surface area contributed by atoms with Crippen LogP contribution in [0.25, 0.3) is 0 Å². The fraction of sp³-hybridized carbons (Fsp3) is 0.278. The van der Waals surface area contributed by atoms with Crippen molar-refractivity contribution < 1.29 is 14.3 Å². The predicted molar refractivity (Wildman–Crippen MR) is 81.4 cm³/mol. The molecule has 0 bridgehead atoms. The first-order chi connectivity index (χ1) is 10.6. The maximum atomic E-state index is 13.3. The lowest BCUT2D eigenvalue weighted by molar-refractivity contribution is -0.141. The van der Waals surface area contributed by atoms with Crippen LogP contribution in [0.15, 0.2) is 54.6 Å². The van der Waals surface area contributed by atoms with E-state index in [9.17, 15) is 14.3 Å². The number of aliphatic hydroxyl groups excluding tert-OH is 1. The van der Waals surface area contributed by atoms with Crippen LogP contribution < -0.4 is 0 Å². The van der Waals surface area contributed by atoms with E-state index in [4.69, 9.17) is 0 Å². The molecule has 0 aromatic heterocycles. The zero-order valence-electron chi connectivity index (χ0n) is 12.2. The molecule has 2 aromatic rings. The highest BCUT2D eigenvalue weighted by molar-refractivity contribution is 5.82. The van der Waals surface area contributed by atoms with E-state index in [1.807, 2.05) is 6.07 Å². The van der Waals surface area contributed by atoms with Crippen molar-refractivity contribution >= 4 is 5.91 Å². The molecule has 1 amide bonds. The van der Waals surface area contributed by atoms with Gasteiger partial charge in [0.15, 0.2) is 6.10 Å². The topological polar surface area (TPSA) is 40.5 Å². The largest absolute Gasteiger partial charge is 0.378 e. The predicted octanol–water partition coefficient (Wildman–Crippen LogP) is 3.05. The number of carbonyl (C=O) groups is 1. The van der Waals surface area contributed by atoms with Gasteiger partial charge in [-0.05, 0) is 36.1 Å². The molecule has 2 aromatic carbocycles. The first kappa shape index (κ1) is 14.7. The molecule has 0 radical (unpaired) electrons. The Morgan fingerprint density at radius 2 is 1.91 bits per heavy atom. The van der Waals surface area contributed by atoms with E-state index in [2.05, 4.69) is 0 Å². The Hall–Kier alpha value is -2.20. The second kappa shape index (κ2) is 6.28. The van der Waals surface area contributed by atoms with E-state index in [1.54, 1.807) is 41.3 Å². The number of aliphatic hydroxyl groups is 1. The quantitative estimate of drug-likeness (QED) is 0.922. The smallest absolute Gasteiger partial charge is 0.256 e. The number of halogens is 1. The minimum Gasteiger partial charge on any atom is -0.378 e. The summed E-state index contributed by atoms with van der Waals surface area (Å²) in [5, 5.41) is 10.3. The van der Waals surface area contributed by atoms with Crippen LogP contribution in [0, 0.1) is 5.82 Å². The molecule has 1 N–H and O–H groups in total. The van der Waals surface area contributed by atoms with E-state index < -0.39 is 6.10 Å². The van der Waals surface area contributed by atoms with Crippen molar-refractivity contribution in [3.05, 3.63) is 71.5 Å². The van der Waals surface area contributed by atoms with Crippen molar-refractivity contribution in [1.82, 2.24) is 4.90 Å². The van der Waals surface area contributed by atoms with E-state index in [-0.39, 0.29) is 17.8 Å². The summed E-state index contributed by atoms with van der Waals surface area (Å²) in [6.45, 7) is 0.325. The minimum atomic E-state index is -1.17. The molecule has 1 fully saturated rings. The zero-order chi connectivity index (χ0) is 15.5. The first-order valence-electron chi connectivity index (χ1n) is 7.43. The number of hydrogen-bond acceptors (Lipinski definition) is 2. The van der Waals surface area contributed by atoms with Crippen LogP contribution >= 0.6 is 0 Å². The summed E-state index contributed by atoms with van der Waals surface area (Å²) in [6.07, 6.45) is 0.695. The number of rotatable bonds is 5. The van der Waals surface area contributed by atoms with Crippen molar-refractivity contribution in [2.45, 2.75) is 31.5 Å². The molecule has 22 heavy (non-hydrogen) atoms. The van der Waals surface area contributed by atoms with Gasteiger partial charge in [-0.3, -0.25) is 4.79 Å². The third-order valence-corrected chi connectivity index (χ3v) is 3.86. The molecule has 1 atom stereocenters. The molecule has 0 aliphatic heterocycles. The molecule has 0 saturated heterocycles. The van der Waals surface area contributed by atoms with E-state index >= 15 is 0 Å². The van der Waals surface area contributed by atoms with Gasteiger partial charge < -0.3 is 10.0 Å². The van der Waals surface area contributed by atoms with Crippen LogP contribution in [0.4, 0.5) is 4.39 Å². The summed E-state index contributed by atoms with van der Waals surface area (Å²) in [5.41, 5.74) is 1.32. The van der Waals surface area contributed by atoms with Gasteiger partial charge in [0.05, 0.1) is 0 Å². The van der Waals surface area contributed by atoms with E-state index in [0.29, 0.717) is 12.1 Å². The van der Waals surface area contributed by atoms with Crippen molar-refractivity contribution in [2.24, 2.45) is 0 Å². The van der Waals surface area contributed by atoms with Gasteiger partial charge >= 0.3 is 0 Å². The highest BCUT2D eigenvalue weighted by Crippen LogP contribution is 2.31. The normalized spacial score (nSPS) is 15.4. The molecule has 1 aliphatic carbocycles. The zero-order valence-corrected chi connectivity index (χ0v) is 12.2. The Labute approximate surface area is 129 Å². The fourth-order valence-corrected chi connectivity index (χ4v) is 2.54. The Bertz CT molecular complexity index is 655. The molecule has 114 valence electrons. The number of carbonyl (C=O) groups excluding carboxylic acids is 1. The van der Waals surface area contributed by atoms with Crippen LogP contribution in [-0.4, -0.2) is 22.0 Å².